The van der Waals surface area contributed by atoms with Gasteiger partial charge in [0.1, 0.15) is 5.82 Å². The van der Waals surface area contributed by atoms with Crippen LogP contribution in [0.15, 0.2) is 170 Å². The third kappa shape index (κ3) is 4.90. The number of para-hydroxylation sites is 2. The fourth-order valence-corrected chi connectivity index (χ4v) is 7.41. The van der Waals surface area contributed by atoms with Gasteiger partial charge in [-0.1, -0.05) is 134 Å². The van der Waals surface area contributed by atoms with E-state index in [9.17, 15) is 0 Å². The van der Waals surface area contributed by atoms with Crippen LogP contribution in [-0.4, -0.2) is 14.5 Å². The van der Waals surface area contributed by atoms with Crippen molar-refractivity contribution in [1.82, 2.24) is 14.5 Å². The Morgan fingerprint density at radius 2 is 1.00 bits per heavy atom. The largest absolute Gasteiger partial charge is 0.296 e. The Labute approximate surface area is 285 Å². The van der Waals surface area contributed by atoms with Crippen molar-refractivity contribution in [3.8, 4) is 50.3 Å². The predicted octanol–water partition coefficient (Wildman–Crippen LogP) is 12.0. The second-order valence-electron chi connectivity index (χ2n) is 12.4. The summed E-state index contributed by atoms with van der Waals surface area (Å²) in [6, 6.07) is 58.7. The Balaban J connectivity index is 1.15. The van der Waals surface area contributed by atoms with E-state index >= 15 is 0 Å². The van der Waals surface area contributed by atoms with Gasteiger partial charge in [-0.05, 0) is 91.3 Å². The first kappa shape index (κ1) is 28.9. The number of fused-ring (bicyclic) bond motifs is 3. The monoisotopic (exact) mass is 627 g/mol. The first-order chi connectivity index (χ1) is 24.3. The molecule has 9 aromatic rings. The van der Waals surface area contributed by atoms with E-state index in [-0.39, 0.29) is 0 Å². The molecule has 0 fully saturated rings. The van der Waals surface area contributed by atoms with Crippen molar-refractivity contribution < 1.29 is 0 Å². The molecule has 0 spiro atoms. The normalized spacial score (nSPS) is 11.4. The number of aryl methyl sites for hydroxylation is 1. The molecule has 0 saturated heterocycles. The highest BCUT2D eigenvalue weighted by molar-refractivity contribution is 6.22. The Bertz CT molecular complexity index is 2560. The molecule has 3 heteroatoms. The van der Waals surface area contributed by atoms with E-state index < -0.39 is 0 Å². The predicted molar refractivity (Wildman–Crippen MR) is 205 cm³/mol. The third-order valence-corrected chi connectivity index (χ3v) is 9.65. The van der Waals surface area contributed by atoms with Gasteiger partial charge in [0.25, 0.3) is 0 Å². The number of nitrogens with zero attached hydrogens (tertiary/aromatic N) is 3. The van der Waals surface area contributed by atoms with Crippen LogP contribution >= 0.6 is 0 Å². The standard InChI is InChI=1S/C46H33N3/c1-2-44-48-42-20-9-10-21-43(42)49(44)34-28-26-32(27-29-34)31-22-24-33(25-23-31)45-37-15-5-7-17-39(37)46(40-18-8-6-16-38(40)45)36-14-4-3-13-35(36)41-19-11-12-30-47-41/h3-30H,2H2,1H3. The van der Waals surface area contributed by atoms with Gasteiger partial charge in [-0.2, -0.15) is 0 Å². The van der Waals surface area contributed by atoms with E-state index in [0.717, 1.165) is 40.2 Å². The van der Waals surface area contributed by atoms with Gasteiger partial charge in [-0.25, -0.2) is 4.98 Å². The number of rotatable bonds is 6. The molecule has 49 heavy (non-hydrogen) atoms. The summed E-state index contributed by atoms with van der Waals surface area (Å²) in [7, 11) is 0. The van der Waals surface area contributed by atoms with Crippen molar-refractivity contribution >= 4 is 32.6 Å². The molecule has 0 N–H and O–H groups in total. The van der Waals surface area contributed by atoms with Crippen LogP contribution < -0.4 is 0 Å². The van der Waals surface area contributed by atoms with Crippen LogP contribution in [0.4, 0.5) is 0 Å². The minimum Gasteiger partial charge on any atom is -0.296 e. The van der Waals surface area contributed by atoms with Crippen LogP contribution in [0.1, 0.15) is 12.7 Å². The molecule has 0 saturated carbocycles. The molecule has 0 amide bonds. The van der Waals surface area contributed by atoms with Gasteiger partial charge < -0.3 is 0 Å². The summed E-state index contributed by atoms with van der Waals surface area (Å²) in [6.45, 7) is 2.16. The van der Waals surface area contributed by atoms with Gasteiger partial charge in [0.05, 0.1) is 16.7 Å². The highest BCUT2D eigenvalue weighted by Crippen LogP contribution is 2.46. The van der Waals surface area contributed by atoms with E-state index in [2.05, 4.69) is 169 Å². The maximum Gasteiger partial charge on any atom is 0.114 e. The van der Waals surface area contributed by atoms with Gasteiger partial charge in [-0.3, -0.25) is 9.55 Å². The fraction of sp³-hybridized carbons (Fsp3) is 0.0435. The summed E-state index contributed by atoms with van der Waals surface area (Å²) in [5.74, 6) is 1.07. The van der Waals surface area contributed by atoms with Crippen LogP contribution in [0.3, 0.4) is 0 Å². The Morgan fingerprint density at radius 1 is 0.469 bits per heavy atom. The summed E-state index contributed by atoms with van der Waals surface area (Å²) < 4.78 is 2.27. The molecule has 0 aliphatic carbocycles. The highest BCUT2D eigenvalue weighted by Gasteiger charge is 2.19. The molecule has 0 radical (unpaired) electrons. The van der Waals surface area contributed by atoms with E-state index in [1.165, 1.54) is 54.9 Å². The van der Waals surface area contributed by atoms with Crippen molar-refractivity contribution in [2.75, 3.05) is 0 Å². The maximum atomic E-state index is 4.87. The number of aromatic nitrogens is 3. The lowest BCUT2D eigenvalue weighted by Gasteiger charge is -2.19. The van der Waals surface area contributed by atoms with Crippen molar-refractivity contribution in [3.05, 3.63) is 176 Å². The SMILES string of the molecule is CCc1nc2ccccc2n1-c1ccc(-c2ccc(-c3c4ccccc4c(-c4ccccc4-c4ccccn4)c4ccccc34)cc2)cc1. The molecule has 2 aromatic heterocycles. The third-order valence-electron chi connectivity index (χ3n) is 9.65. The summed E-state index contributed by atoms with van der Waals surface area (Å²) in [6.07, 6.45) is 2.74. The van der Waals surface area contributed by atoms with Crippen LogP contribution in [0.25, 0.3) is 82.9 Å². The molecule has 3 nitrogen and oxygen atoms in total. The zero-order valence-corrected chi connectivity index (χ0v) is 27.2. The second kappa shape index (κ2) is 12.0. The average Bonchev–Trinajstić information content (AvgIpc) is 3.56. The first-order valence-corrected chi connectivity index (χ1v) is 16.9. The summed E-state index contributed by atoms with van der Waals surface area (Å²) in [4.78, 5) is 9.60. The van der Waals surface area contributed by atoms with Crippen LogP contribution in [0.2, 0.25) is 0 Å². The molecule has 0 bridgehead atoms. The fourth-order valence-electron chi connectivity index (χ4n) is 7.41. The van der Waals surface area contributed by atoms with Gasteiger partial charge in [-0.15, -0.1) is 0 Å². The minimum absolute atomic E-state index is 0.874. The van der Waals surface area contributed by atoms with E-state index in [0.29, 0.717) is 0 Å². The smallest absolute Gasteiger partial charge is 0.114 e. The van der Waals surface area contributed by atoms with Crippen LogP contribution in [0.5, 0.6) is 0 Å². The molecule has 2 heterocycles. The number of hydrogen-bond acceptors (Lipinski definition) is 2. The molecule has 7 aromatic carbocycles. The van der Waals surface area contributed by atoms with Crippen molar-refractivity contribution in [3.63, 3.8) is 0 Å². The Morgan fingerprint density at radius 3 is 1.63 bits per heavy atom. The van der Waals surface area contributed by atoms with Crippen LogP contribution in [-0.2, 0) is 6.42 Å². The Kier molecular flexibility index (Phi) is 7.09. The Hall–Kier alpha value is -6.32. The second-order valence-corrected chi connectivity index (χ2v) is 12.4. The summed E-state index contributed by atoms with van der Waals surface area (Å²) >= 11 is 0. The first-order valence-electron chi connectivity index (χ1n) is 16.9. The van der Waals surface area contributed by atoms with Crippen molar-refractivity contribution in [2.45, 2.75) is 13.3 Å². The minimum atomic E-state index is 0.874. The summed E-state index contributed by atoms with van der Waals surface area (Å²) in [5.41, 5.74) is 12.7. The lowest BCUT2D eigenvalue weighted by molar-refractivity contribution is 0.908. The molecule has 0 atom stereocenters. The lowest BCUT2D eigenvalue weighted by Crippen LogP contribution is -1.99. The van der Waals surface area contributed by atoms with E-state index in [1.54, 1.807) is 0 Å². The van der Waals surface area contributed by atoms with Gasteiger partial charge in [0.2, 0.25) is 0 Å². The topological polar surface area (TPSA) is 30.7 Å². The zero-order valence-electron chi connectivity index (χ0n) is 27.2. The lowest BCUT2D eigenvalue weighted by atomic mass is 9.84. The maximum absolute atomic E-state index is 4.87. The molecular weight excluding hydrogens is 595 g/mol. The van der Waals surface area contributed by atoms with E-state index in [4.69, 9.17) is 9.97 Å². The number of imidazole rings is 1. The number of hydrogen-bond donors (Lipinski definition) is 0. The highest BCUT2D eigenvalue weighted by atomic mass is 15.1. The molecule has 232 valence electrons. The van der Waals surface area contributed by atoms with Crippen molar-refractivity contribution in [2.24, 2.45) is 0 Å². The summed E-state index contributed by atoms with van der Waals surface area (Å²) in [5, 5.41) is 4.95. The van der Waals surface area contributed by atoms with Gasteiger partial charge in [0.15, 0.2) is 0 Å². The molecule has 9 rings (SSSR count). The number of pyridine rings is 1. The molecule has 0 unspecified atom stereocenters. The zero-order chi connectivity index (χ0) is 32.7. The molecular formula is C46H33N3. The molecule has 0 aliphatic heterocycles. The number of benzene rings is 7. The molecule has 0 aliphatic rings. The quantitative estimate of drug-likeness (QED) is 0.172. The van der Waals surface area contributed by atoms with Crippen LogP contribution in [0, 0.1) is 0 Å². The van der Waals surface area contributed by atoms with Gasteiger partial charge in [0, 0.05) is 23.9 Å². The average molecular weight is 628 g/mol. The van der Waals surface area contributed by atoms with E-state index in [1.807, 2.05) is 12.3 Å². The van der Waals surface area contributed by atoms with Crippen molar-refractivity contribution in [1.29, 1.82) is 0 Å². The van der Waals surface area contributed by atoms with Gasteiger partial charge >= 0.3 is 0 Å².